The van der Waals surface area contributed by atoms with Crippen LogP contribution in [-0.4, -0.2) is 47.1 Å². The smallest absolute Gasteiger partial charge is 0.504 e. The van der Waals surface area contributed by atoms with Crippen molar-refractivity contribution in [3.63, 3.8) is 0 Å². The normalized spacial score (nSPS) is 23.6. The molecule has 2 aromatic rings. The van der Waals surface area contributed by atoms with Crippen LogP contribution in [0.2, 0.25) is 0 Å². The highest BCUT2D eigenvalue weighted by Gasteiger charge is 2.53. The number of carboxylic acid groups (broad SMARTS) is 1. The summed E-state index contributed by atoms with van der Waals surface area (Å²) in [6.07, 6.45) is -1.38. The number of nitrogens with zero attached hydrogens (tertiary/aromatic N) is 1. The number of nitrogens with two attached hydrogens (primary N) is 1. The third kappa shape index (κ3) is 3.06. The van der Waals surface area contributed by atoms with Crippen LogP contribution in [-0.2, 0) is 6.42 Å². The molecular weight excluding hydrogens is 402 g/mol. The van der Waals surface area contributed by atoms with Gasteiger partial charge in [0, 0.05) is 48.4 Å². The minimum absolute atomic E-state index is 0. The Morgan fingerprint density at radius 2 is 2.03 bits per heavy atom. The first-order chi connectivity index (χ1) is 13.4. The van der Waals surface area contributed by atoms with E-state index in [2.05, 4.69) is 14.6 Å². The van der Waals surface area contributed by atoms with E-state index in [9.17, 15) is 14.7 Å². The molecule has 29 heavy (non-hydrogen) atoms. The van der Waals surface area contributed by atoms with Gasteiger partial charge in [-0.1, -0.05) is 0 Å². The summed E-state index contributed by atoms with van der Waals surface area (Å²) >= 11 is 0. The van der Waals surface area contributed by atoms with E-state index in [1.165, 1.54) is 0 Å². The first kappa shape index (κ1) is 19.4. The van der Waals surface area contributed by atoms with E-state index in [1.807, 2.05) is 18.2 Å². The van der Waals surface area contributed by atoms with Crippen LogP contribution in [0.5, 0.6) is 17.2 Å². The predicted octanol–water partition coefficient (Wildman–Crippen LogP) is 1.55. The number of pyridine rings is 1. The Hall–Kier alpha value is -2.91. The van der Waals surface area contributed by atoms with E-state index in [0.29, 0.717) is 46.9 Å². The van der Waals surface area contributed by atoms with Crippen molar-refractivity contribution in [1.29, 1.82) is 0 Å². The lowest BCUT2D eigenvalue weighted by molar-refractivity contribution is 0.142. The maximum Gasteiger partial charge on any atom is 0.511 e. The lowest BCUT2D eigenvalue weighted by Gasteiger charge is -2.22. The Bertz CT molecular complexity index is 1040. The fourth-order valence-corrected chi connectivity index (χ4v) is 4.34. The van der Waals surface area contributed by atoms with Crippen molar-refractivity contribution in [3.05, 3.63) is 34.1 Å². The number of aromatic hydroxyl groups is 1. The Morgan fingerprint density at radius 1 is 1.31 bits per heavy atom. The van der Waals surface area contributed by atoms with Crippen LogP contribution in [0.4, 0.5) is 10.5 Å². The van der Waals surface area contributed by atoms with Gasteiger partial charge >= 0.3 is 6.16 Å². The summed E-state index contributed by atoms with van der Waals surface area (Å²) in [5, 5.41) is 19.2. The number of hydrogen-bond acceptors (Lipinski definition) is 7. The number of rotatable bonds is 2. The van der Waals surface area contributed by atoms with E-state index in [1.54, 1.807) is 0 Å². The van der Waals surface area contributed by atoms with E-state index in [0.717, 1.165) is 18.8 Å². The molecule has 0 spiro atoms. The topological polar surface area (TPSA) is 138 Å². The number of hydrogen-bond donors (Lipinski definition) is 4. The third-order valence-electron chi connectivity index (χ3n) is 5.91. The maximum atomic E-state index is 12.3. The maximum absolute atomic E-state index is 12.3. The molecule has 1 aromatic heterocycles. The molecule has 1 aromatic carbocycles. The van der Waals surface area contributed by atoms with Crippen molar-refractivity contribution in [2.75, 3.05) is 24.6 Å². The Morgan fingerprint density at radius 3 is 2.72 bits per heavy atom. The molecule has 1 unspecified atom stereocenters. The van der Waals surface area contributed by atoms with Crippen molar-refractivity contribution in [2.45, 2.75) is 12.5 Å². The number of fused-ring (bicyclic) bond motifs is 4. The molecule has 9 nitrogen and oxygen atoms in total. The number of carbonyl (C=O) groups is 1. The molecule has 2 aliphatic heterocycles. The molecule has 3 atom stereocenters. The zero-order chi connectivity index (χ0) is 19.6. The van der Waals surface area contributed by atoms with Crippen LogP contribution in [0.3, 0.4) is 0 Å². The average molecular weight is 422 g/mol. The number of piperidine rings is 1. The molecule has 1 saturated carbocycles. The van der Waals surface area contributed by atoms with Gasteiger partial charge in [0.25, 0.3) is 5.56 Å². The van der Waals surface area contributed by atoms with E-state index < -0.39 is 23.2 Å². The SMILES string of the molecule is Cl.NC1[C@H]2CN(c3ccc4c(c3)OCCc3c-4[nH]c(=O)c(OC(=O)O)c3O)C[C@@H]12. The van der Waals surface area contributed by atoms with Gasteiger partial charge in [-0.25, -0.2) is 4.79 Å². The Kier molecular flexibility index (Phi) is 4.59. The lowest BCUT2D eigenvalue weighted by atomic mass is 10.0. The van der Waals surface area contributed by atoms with Gasteiger partial charge in [-0.3, -0.25) is 4.79 Å². The van der Waals surface area contributed by atoms with Crippen molar-refractivity contribution < 1.29 is 24.5 Å². The van der Waals surface area contributed by atoms with E-state index in [4.69, 9.17) is 15.6 Å². The zero-order valence-corrected chi connectivity index (χ0v) is 16.1. The van der Waals surface area contributed by atoms with Crippen molar-refractivity contribution in [3.8, 4) is 28.5 Å². The summed E-state index contributed by atoms with van der Waals surface area (Å²) < 4.78 is 10.3. The number of benzene rings is 1. The number of H-pyrrole nitrogens is 1. The zero-order valence-electron chi connectivity index (χ0n) is 15.3. The summed E-state index contributed by atoms with van der Waals surface area (Å²) in [5.41, 5.74) is 7.65. The molecular formula is C19H20ClN3O6. The second-order valence-electron chi connectivity index (χ2n) is 7.44. The number of anilines is 1. The lowest BCUT2D eigenvalue weighted by Crippen LogP contribution is -2.27. The van der Waals surface area contributed by atoms with Gasteiger partial charge < -0.3 is 35.3 Å². The Labute approximate surface area is 171 Å². The molecule has 0 bridgehead atoms. The van der Waals surface area contributed by atoms with Crippen LogP contribution in [0.1, 0.15) is 5.56 Å². The summed E-state index contributed by atoms with van der Waals surface area (Å²) in [4.78, 5) is 28.0. The summed E-state index contributed by atoms with van der Waals surface area (Å²) in [6.45, 7) is 2.12. The van der Waals surface area contributed by atoms with Gasteiger partial charge in [0.05, 0.1) is 12.3 Å². The van der Waals surface area contributed by atoms with Gasteiger partial charge in [-0.05, 0) is 24.0 Å². The number of aromatic nitrogens is 1. The van der Waals surface area contributed by atoms with Crippen molar-refractivity contribution in [2.24, 2.45) is 17.6 Å². The van der Waals surface area contributed by atoms with Crippen LogP contribution in [0, 0.1) is 11.8 Å². The second-order valence-corrected chi connectivity index (χ2v) is 7.44. The predicted molar refractivity (Wildman–Crippen MR) is 106 cm³/mol. The molecule has 2 fully saturated rings. The summed E-state index contributed by atoms with van der Waals surface area (Å²) in [5.74, 6) is 0.611. The molecule has 3 heterocycles. The number of halogens is 1. The third-order valence-corrected chi connectivity index (χ3v) is 5.91. The number of ether oxygens (including phenoxy) is 2. The van der Waals surface area contributed by atoms with Gasteiger partial charge in [0.1, 0.15) is 5.75 Å². The molecule has 0 radical (unpaired) electrons. The van der Waals surface area contributed by atoms with Crippen molar-refractivity contribution in [1.82, 2.24) is 4.98 Å². The fraction of sp³-hybridized carbons (Fsp3) is 0.368. The highest BCUT2D eigenvalue weighted by molar-refractivity contribution is 5.85. The van der Waals surface area contributed by atoms with Crippen LogP contribution < -0.4 is 25.7 Å². The largest absolute Gasteiger partial charge is 0.511 e. The molecule has 1 saturated heterocycles. The molecule has 0 amide bonds. The van der Waals surface area contributed by atoms with Gasteiger partial charge in [-0.2, -0.15) is 0 Å². The Balaban J connectivity index is 0.00000205. The minimum Gasteiger partial charge on any atom is -0.504 e. The van der Waals surface area contributed by atoms with E-state index >= 15 is 0 Å². The monoisotopic (exact) mass is 421 g/mol. The highest BCUT2D eigenvalue weighted by atomic mass is 35.5. The van der Waals surface area contributed by atoms with Gasteiger partial charge in [0.2, 0.25) is 5.75 Å². The van der Waals surface area contributed by atoms with Gasteiger partial charge in [0.15, 0.2) is 5.75 Å². The molecule has 10 heteroatoms. The number of aromatic amines is 1. The van der Waals surface area contributed by atoms with Crippen LogP contribution in [0.25, 0.3) is 11.3 Å². The first-order valence-corrected chi connectivity index (χ1v) is 9.10. The molecule has 5 rings (SSSR count). The molecule has 1 aliphatic carbocycles. The first-order valence-electron chi connectivity index (χ1n) is 9.10. The number of nitrogens with one attached hydrogen (secondary N) is 1. The average Bonchev–Trinajstić information content (AvgIpc) is 3.09. The standard InChI is InChI=1S/C19H19N3O6.ClH/c20-14-11-6-22(7-12(11)14)8-1-2-9-13(5-8)27-4-3-10-15(9)21-18(24)17(16(10)23)28-19(25)26;/h1-2,5,11-12,14H,3-4,6-7,20H2,(H,25,26)(H2,21,23,24);1H/t11-,12+,14?;. The minimum atomic E-state index is -1.67. The highest BCUT2D eigenvalue weighted by Crippen LogP contribution is 2.47. The molecule has 3 aliphatic rings. The quantitative estimate of drug-likeness (QED) is 0.536. The summed E-state index contributed by atoms with van der Waals surface area (Å²) in [7, 11) is 0. The van der Waals surface area contributed by atoms with Crippen LogP contribution in [0.15, 0.2) is 23.0 Å². The van der Waals surface area contributed by atoms with Crippen LogP contribution >= 0.6 is 12.4 Å². The van der Waals surface area contributed by atoms with Gasteiger partial charge in [-0.15, -0.1) is 12.4 Å². The fourth-order valence-electron chi connectivity index (χ4n) is 4.34. The molecule has 5 N–H and O–H groups in total. The summed E-state index contributed by atoms with van der Waals surface area (Å²) in [6, 6.07) is 6.03. The van der Waals surface area contributed by atoms with Crippen molar-refractivity contribution >= 4 is 24.2 Å². The van der Waals surface area contributed by atoms with E-state index in [-0.39, 0.29) is 19.0 Å². The second kappa shape index (κ2) is 6.85. The molecule has 154 valence electrons.